The van der Waals surface area contributed by atoms with Crippen LogP contribution in [0.25, 0.3) is 0 Å². The van der Waals surface area contributed by atoms with Gasteiger partial charge in [-0.2, -0.15) is 0 Å². The van der Waals surface area contributed by atoms with Gasteiger partial charge in [0.05, 0.1) is 38.5 Å². The molecule has 136 valence electrons. The lowest BCUT2D eigenvalue weighted by atomic mass is 10.2. The Kier molecular flexibility index (Phi) is 10.7. The van der Waals surface area contributed by atoms with Gasteiger partial charge in [-0.15, -0.1) is 0 Å². The number of amides is 2. The number of primary amides is 2. The van der Waals surface area contributed by atoms with Crippen molar-refractivity contribution in [1.82, 2.24) is 9.80 Å². The Morgan fingerprint density at radius 1 is 0.783 bits per heavy atom. The Labute approximate surface area is 137 Å². The minimum atomic E-state index is -0.257. The van der Waals surface area contributed by atoms with Crippen molar-refractivity contribution in [3.8, 4) is 0 Å². The van der Waals surface area contributed by atoms with Gasteiger partial charge in [-0.25, -0.2) is 0 Å². The summed E-state index contributed by atoms with van der Waals surface area (Å²) >= 11 is 0. The smallest absolute Gasteiger partial charge is 0.234 e. The molecule has 0 radical (unpaired) electrons. The minimum Gasteiger partial charge on any atom is -0.412 e. The summed E-state index contributed by atoms with van der Waals surface area (Å²) in [6.45, 7) is 9.72. The zero-order valence-electron chi connectivity index (χ0n) is 14.0. The van der Waals surface area contributed by atoms with Gasteiger partial charge in [-0.3, -0.25) is 19.4 Å². The Balaban J connectivity index is 0.000000403. The van der Waals surface area contributed by atoms with Crippen LogP contribution in [0.3, 0.4) is 0 Å². The number of nitrogens with two attached hydrogens (primary N) is 2. The number of rotatable bonds is 4. The fourth-order valence-electron chi connectivity index (χ4n) is 2.29. The van der Waals surface area contributed by atoms with Crippen molar-refractivity contribution in [3.05, 3.63) is 0 Å². The summed E-state index contributed by atoms with van der Waals surface area (Å²) in [6.07, 6.45) is 0. The summed E-state index contributed by atoms with van der Waals surface area (Å²) in [6, 6.07) is -0.308. The molecule has 6 N–H and O–H groups in total. The third-order valence-corrected chi connectivity index (χ3v) is 4.01. The van der Waals surface area contributed by atoms with E-state index in [9.17, 15) is 9.59 Å². The molecule has 0 saturated carbocycles. The highest BCUT2D eigenvalue weighted by molar-refractivity contribution is 5.79. The lowest BCUT2D eigenvalue weighted by molar-refractivity contribution is -0.125. The molecule has 2 fully saturated rings. The standard InChI is InChI=1S/2C7H14N2O2.H2O/c2*1-6(7(8)10)9-2-4-11-5-3-9;/h2*6H,2-5H2,1H3,(H2,8,10);1H2. The SMILES string of the molecule is CC(C(N)=O)N1CCOCC1.CC(C(N)=O)N1CCOCC1.O. The molecule has 0 aromatic carbocycles. The molecule has 2 aliphatic rings. The normalized spacial score (nSPS) is 22.0. The van der Waals surface area contributed by atoms with Gasteiger partial charge in [0.15, 0.2) is 0 Å². The minimum absolute atomic E-state index is 0. The van der Waals surface area contributed by atoms with Crippen LogP contribution in [0.4, 0.5) is 0 Å². The molecule has 23 heavy (non-hydrogen) atoms. The molecule has 2 heterocycles. The maximum Gasteiger partial charge on any atom is 0.234 e. The maximum atomic E-state index is 10.7. The van der Waals surface area contributed by atoms with Crippen LogP contribution in [0.2, 0.25) is 0 Å². The van der Waals surface area contributed by atoms with Crippen molar-refractivity contribution in [2.75, 3.05) is 52.6 Å². The Morgan fingerprint density at radius 2 is 1.04 bits per heavy atom. The molecule has 0 spiro atoms. The molecule has 0 aromatic heterocycles. The number of hydrogen-bond donors (Lipinski definition) is 2. The van der Waals surface area contributed by atoms with Gasteiger partial charge in [0.25, 0.3) is 0 Å². The first-order valence-corrected chi connectivity index (χ1v) is 7.65. The first-order valence-electron chi connectivity index (χ1n) is 7.65. The molecule has 0 aromatic rings. The van der Waals surface area contributed by atoms with Crippen LogP contribution in [-0.2, 0) is 19.1 Å². The number of hydrogen-bond acceptors (Lipinski definition) is 6. The highest BCUT2D eigenvalue weighted by Gasteiger charge is 2.21. The summed E-state index contributed by atoms with van der Waals surface area (Å²) in [5.41, 5.74) is 10.3. The summed E-state index contributed by atoms with van der Waals surface area (Å²) in [7, 11) is 0. The Bertz CT molecular complexity index is 323. The van der Waals surface area contributed by atoms with E-state index in [2.05, 4.69) is 0 Å². The topological polar surface area (TPSA) is 143 Å². The van der Waals surface area contributed by atoms with E-state index < -0.39 is 0 Å². The summed E-state index contributed by atoms with van der Waals surface area (Å²) < 4.78 is 10.3. The molecular formula is C14H30N4O5. The van der Waals surface area contributed by atoms with Crippen molar-refractivity contribution < 1.29 is 24.5 Å². The van der Waals surface area contributed by atoms with E-state index in [1.807, 2.05) is 23.6 Å². The third kappa shape index (κ3) is 7.71. The molecule has 9 nitrogen and oxygen atoms in total. The van der Waals surface area contributed by atoms with Crippen LogP contribution in [-0.4, -0.2) is 91.8 Å². The van der Waals surface area contributed by atoms with Gasteiger partial charge < -0.3 is 26.4 Å². The summed E-state index contributed by atoms with van der Waals surface area (Å²) in [4.78, 5) is 25.5. The second-order valence-corrected chi connectivity index (χ2v) is 5.45. The number of carbonyl (C=O) groups is 2. The predicted octanol–water partition coefficient (Wildman–Crippen LogP) is -2.44. The van der Waals surface area contributed by atoms with Crippen LogP contribution >= 0.6 is 0 Å². The lowest BCUT2D eigenvalue weighted by Crippen LogP contribution is -2.48. The van der Waals surface area contributed by atoms with Crippen LogP contribution in [0.15, 0.2) is 0 Å². The molecule has 2 rings (SSSR count). The second-order valence-electron chi connectivity index (χ2n) is 5.45. The van der Waals surface area contributed by atoms with Gasteiger partial charge in [0.2, 0.25) is 11.8 Å². The van der Waals surface area contributed by atoms with Gasteiger partial charge >= 0.3 is 0 Å². The van der Waals surface area contributed by atoms with Crippen molar-refractivity contribution in [2.24, 2.45) is 11.5 Å². The number of ether oxygens (including phenoxy) is 2. The quantitative estimate of drug-likeness (QED) is 0.585. The Hall–Kier alpha value is -1.26. The summed E-state index contributed by atoms with van der Waals surface area (Å²) in [5, 5.41) is 0. The molecule has 2 aliphatic heterocycles. The lowest BCUT2D eigenvalue weighted by Gasteiger charge is -2.30. The van der Waals surface area contributed by atoms with Crippen molar-refractivity contribution in [1.29, 1.82) is 0 Å². The van der Waals surface area contributed by atoms with Crippen molar-refractivity contribution in [3.63, 3.8) is 0 Å². The van der Waals surface area contributed by atoms with E-state index in [0.717, 1.165) is 26.2 Å². The molecular weight excluding hydrogens is 304 g/mol. The van der Waals surface area contributed by atoms with Gasteiger partial charge in [0, 0.05) is 26.2 Å². The highest BCUT2D eigenvalue weighted by Crippen LogP contribution is 2.02. The average Bonchev–Trinajstić information content (AvgIpc) is 2.55. The number of carbonyl (C=O) groups excluding carboxylic acids is 2. The van der Waals surface area contributed by atoms with E-state index in [-0.39, 0.29) is 29.4 Å². The van der Waals surface area contributed by atoms with Crippen LogP contribution in [0.5, 0.6) is 0 Å². The third-order valence-electron chi connectivity index (χ3n) is 4.01. The van der Waals surface area contributed by atoms with Crippen LogP contribution in [0.1, 0.15) is 13.8 Å². The molecule has 0 aliphatic carbocycles. The van der Waals surface area contributed by atoms with Crippen LogP contribution in [0, 0.1) is 0 Å². The van der Waals surface area contributed by atoms with Crippen LogP contribution < -0.4 is 11.5 Å². The van der Waals surface area contributed by atoms with Crippen molar-refractivity contribution in [2.45, 2.75) is 25.9 Å². The van der Waals surface area contributed by atoms with Crippen molar-refractivity contribution >= 4 is 11.8 Å². The number of nitrogens with zero attached hydrogens (tertiary/aromatic N) is 2. The van der Waals surface area contributed by atoms with E-state index in [0.29, 0.717) is 26.4 Å². The van der Waals surface area contributed by atoms with E-state index in [1.165, 1.54) is 0 Å². The zero-order chi connectivity index (χ0) is 16.5. The molecule has 2 atom stereocenters. The fraction of sp³-hybridized carbons (Fsp3) is 0.857. The largest absolute Gasteiger partial charge is 0.412 e. The molecule has 0 bridgehead atoms. The molecule has 2 amide bonds. The predicted molar refractivity (Wildman–Crippen MR) is 85.7 cm³/mol. The number of morpholine rings is 2. The van der Waals surface area contributed by atoms with Gasteiger partial charge in [-0.05, 0) is 13.8 Å². The van der Waals surface area contributed by atoms with E-state index in [1.54, 1.807) is 0 Å². The first-order chi connectivity index (χ1) is 10.4. The van der Waals surface area contributed by atoms with E-state index >= 15 is 0 Å². The maximum absolute atomic E-state index is 10.7. The van der Waals surface area contributed by atoms with E-state index in [4.69, 9.17) is 20.9 Å². The Morgan fingerprint density at radius 3 is 1.26 bits per heavy atom. The first kappa shape index (κ1) is 21.7. The second kappa shape index (κ2) is 11.3. The fourth-order valence-corrected chi connectivity index (χ4v) is 2.29. The molecule has 2 unspecified atom stereocenters. The average molecular weight is 334 g/mol. The molecule has 2 saturated heterocycles. The van der Waals surface area contributed by atoms with Gasteiger partial charge in [-0.1, -0.05) is 0 Å². The monoisotopic (exact) mass is 334 g/mol. The highest BCUT2D eigenvalue weighted by atomic mass is 16.5. The summed E-state index contributed by atoms with van der Waals surface area (Å²) in [5.74, 6) is -0.515. The zero-order valence-corrected chi connectivity index (χ0v) is 14.0. The molecule has 9 heteroatoms. The van der Waals surface area contributed by atoms with Gasteiger partial charge in [0.1, 0.15) is 0 Å².